The lowest BCUT2D eigenvalue weighted by Gasteiger charge is -2.13. The summed E-state index contributed by atoms with van der Waals surface area (Å²) in [6, 6.07) is 9.13. The van der Waals surface area contributed by atoms with Crippen molar-refractivity contribution < 1.29 is 33.5 Å². The van der Waals surface area contributed by atoms with Gasteiger partial charge in [0.2, 0.25) is 0 Å². The third-order valence-electron chi connectivity index (χ3n) is 4.52. The molecule has 0 aromatic heterocycles. The minimum absolute atomic E-state index is 0.0782. The van der Waals surface area contributed by atoms with Crippen molar-refractivity contribution in [2.75, 3.05) is 20.3 Å². The van der Waals surface area contributed by atoms with Crippen molar-refractivity contribution in [3.05, 3.63) is 66.1 Å². The highest BCUT2D eigenvalue weighted by molar-refractivity contribution is 14.1. The van der Waals surface area contributed by atoms with Gasteiger partial charge in [-0.3, -0.25) is 24.6 Å². The van der Waals surface area contributed by atoms with E-state index in [1.54, 1.807) is 31.2 Å². The van der Waals surface area contributed by atoms with Gasteiger partial charge in [-0.25, -0.2) is 4.79 Å². The van der Waals surface area contributed by atoms with Gasteiger partial charge in [0.25, 0.3) is 16.8 Å². The number of ether oxygens (including phenoxy) is 3. The molecule has 1 heterocycles. The molecule has 1 aliphatic heterocycles. The highest BCUT2D eigenvalue weighted by Crippen LogP contribution is 2.37. The van der Waals surface area contributed by atoms with E-state index in [4.69, 9.17) is 14.2 Å². The van der Waals surface area contributed by atoms with Crippen LogP contribution in [-0.4, -0.2) is 47.3 Å². The highest BCUT2D eigenvalue weighted by Gasteiger charge is 2.35. The number of carbonyl (C=O) groups excluding carboxylic acids is 3. The van der Waals surface area contributed by atoms with E-state index in [0.717, 1.165) is 16.7 Å². The normalized spacial score (nSPS) is 14.4. The molecular formula is C22H19IN2O8S. The van der Waals surface area contributed by atoms with E-state index in [9.17, 15) is 24.5 Å². The van der Waals surface area contributed by atoms with Gasteiger partial charge >= 0.3 is 5.97 Å². The van der Waals surface area contributed by atoms with Crippen molar-refractivity contribution in [1.82, 2.24) is 4.90 Å². The van der Waals surface area contributed by atoms with Crippen LogP contribution in [0.25, 0.3) is 6.08 Å². The number of hydrogen-bond donors (Lipinski definition) is 0. The smallest absolute Gasteiger partial charge is 0.344 e. The van der Waals surface area contributed by atoms with E-state index >= 15 is 0 Å². The molecule has 1 aliphatic rings. The number of benzene rings is 2. The Morgan fingerprint density at radius 3 is 2.71 bits per heavy atom. The Balaban J connectivity index is 1.80. The number of thioether (sulfide) groups is 1. The number of non-ortho nitro benzene ring substituents is 1. The summed E-state index contributed by atoms with van der Waals surface area (Å²) in [6.07, 6.45) is 1.55. The summed E-state index contributed by atoms with van der Waals surface area (Å²) in [5.74, 6) is -0.315. The van der Waals surface area contributed by atoms with Crippen molar-refractivity contribution in [3.63, 3.8) is 0 Å². The van der Waals surface area contributed by atoms with Crippen LogP contribution in [0.15, 0.2) is 41.3 Å². The second kappa shape index (κ2) is 11.3. The summed E-state index contributed by atoms with van der Waals surface area (Å²) in [5.41, 5.74) is 0.939. The van der Waals surface area contributed by atoms with Gasteiger partial charge in [0.05, 0.1) is 33.7 Å². The Kier molecular flexibility index (Phi) is 8.50. The van der Waals surface area contributed by atoms with Gasteiger partial charge in [0, 0.05) is 12.1 Å². The van der Waals surface area contributed by atoms with Crippen LogP contribution in [-0.2, 0) is 20.9 Å². The molecule has 2 amide bonds. The summed E-state index contributed by atoms with van der Waals surface area (Å²) in [4.78, 5) is 48.6. The molecule has 0 radical (unpaired) electrons. The summed E-state index contributed by atoms with van der Waals surface area (Å²) >= 11 is 2.79. The minimum Gasteiger partial charge on any atom is -0.493 e. The first kappa shape index (κ1) is 25.5. The number of rotatable bonds is 9. The maximum atomic E-state index is 12.9. The monoisotopic (exact) mass is 598 g/mol. The summed E-state index contributed by atoms with van der Waals surface area (Å²) in [6.45, 7) is 1.58. The molecule has 0 unspecified atom stereocenters. The second-order valence-corrected chi connectivity index (χ2v) is 8.98. The average Bonchev–Trinajstić information content (AvgIpc) is 3.05. The Labute approximate surface area is 212 Å². The molecule has 0 spiro atoms. The zero-order chi connectivity index (χ0) is 24.8. The lowest BCUT2D eigenvalue weighted by molar-refractivity contribution is -0.384. The number of nitrogens with zero attached hydrogens (tertiary/aromatic N) is 2. The van der Waals surface area contributed by atoms with Crippen molar-refractivity contribution in [2.24, 2.45) is 0 Å². The van der Waals surface area contributed by atoms with E-state index in [0.29, 0.717) is 26.2 Å². The zero-order valence-corrected chi connectivity index (χ0v) is 21.1. The number of amides is 2. The van der Waals surface area contributed by atoms with Crippen molar-refractivity contribution in [1.29, 1.82) is 0 Å². The van der Waals surface area contributed by atoms with Gasteiger partial charge in [-0.15, -0.1) is 0 Å². The predicted molar refractivity (Wildman–Crippen MR) is 132 cm³/mol. The fourth-order valence-corrected chi connectivity index (χ4v) is 4.65. The van der Waals surface area contributed by atoms with Gasteiger partial charge in [-0.05, 0) is 70.6 Å². The molecule has 0 saturated carbocycles. The number of hydrogen-bond acceptors (Lipinski definition) is 9. The number of esters is 1. The molecule has 10 nitrogen and oxygen atoms in total. The predicted octanol–water partition coefficient (Wildman–Crippen LogP) is 4.39. The number of imide groups is 1. The SMILES string of the molecule is CCOC(=O)COc1c(I)cc(/C=C2/SC(=O)N(Cc3cccc([N+](=O)[O-])c3)C2=O)cc1OC. The molecule has 178 valence electrons. The molecule has 2 aromatic rings. The molecule has 0 N–H and O–H groups in total. The Morgan fingerprint density at radius 1 is 1.26 bits per heavy atom. The molecule has 0 aliphatic carbocycles. The first-order valence-corrected chi connectivity index (χ1v) is 11.8. The van der Waals surface area contributed by atoms with E-state index in [-0.39, 0.29) is 30.4 Å². The van der Waals surface area contributed by atoms with Gasteiger partial charge in [-0.2, -0.15) is 0 Å². The summed E-state index contributed by atoms with van der Waals surface area (Å²) in [7, 11) is 1.44. The fourth-order valence-electron chi connectivity index (χ4n) is 3.04. The van der Waals surface area contributed by atoms with Crippen molar-refractivity contribution in [3.8, 4) is 11.5 Å². The number of nitro groups is 1. The first-order valence-electron chi connectivity index (χ1n) is 9.88. The van der Waals surface area contributed by atoms with E-state index in [2.05, 4.69) is 0 Å². The molecule has 3 rings (SSSR count). The van der Waals surface area contributed by atoms with Gasteiger partial charge in [0.1, 0.15) is 0 Å². The van der Waals surface area contributed by atoms with Crippen LogP contribution in [0.3, 0.4) is 0 Å². The van der Waals surface area contributed by atoms with Crippen LogP contribution in [0.5, 0.6) is 11.5 Å². The van der Waals surface area contributed by atoms with E-state index in [1.807, 2.05) is 22.6 Å². The number of halogens is 1. The number of carbonyl (C=O) groups is 3. The quantitative estimate of drug-likeness (QED) is 0.136. The van der Waals surface area contributed by atoms with Crippen LogP contribution in [0.4, 0.5) is 10.5 Å². The third-order valence-corrected chi connectivity index (χ3v) is 6.23. The Morgan fingerprint density at radius 2 is 2.03 bits per heavy atom. The minimum atomic E-state index is -0.535. The molecular weight excluding hydrogens is 579 g/mol. The van der Waals surface area contributed by atoms with Crippen LogP contribution in [0.1, 0.15) is 18.1 Å². The van der Waals surface area contributed by atoms with Crippen molar-refractivity contribution >= 4 is 63.2 Å². The standard InChI is InChI=1S/C22H19IN2O8S/c1-3-32-19(26)12-33-20-16(23)8-14(9-17(20)31-2)10-18-21(27)24(22(28)34-18)11-13-5-4-6-15(7-13)25(29)30/h4-10H,3,11-12H2,1-2H3/b18-10+. The molecule has 34 heavy (non-hydrogen) atoms. The number of methoxy groups -OCH3 is 1. The van der Waals surface area contributed by atoms with Gasteiger partial charge in [-0.1, -0.05) is 12.1 Å². The summed E-state index contributed by atoms with van der Waals surface area (Å²) < 4.78 is 16.4. The largest absolute Gasteiger partial charge is 0.493 e. The second-order valence-electron chi connectivity index (χ2n) is 6.82. The Bertz CT molecular complexity index is 1180. The average molecular weight is 598 g/mol. The summed E-state index contributed by atoms with van der Waals surface area (Å²) in [5, 5.41) is 10.5. The Hall–Kier alpha value is -3.13. The molecule has 0 atom stereocenters. The van der Waals surface area contributed by atoms with E-state index < -0.39 is 22.0 Å². The van der Waals surface area contributed by atoms with Crippen molar-refractivity contribution in [2.45, 2.75) is 13.5 Å². The maximum absolute atomic E-state index is 12.9. The van der Waals surface area contributed by atoms with Crippen LogP contribution in [0, 0.1) is 13.7 Å². The molecule has 12 heteroatoms. The fraction of sp³-hybridized carbons (Fsp3) is 0.227. The van der Waals surface area contributed by atoms with Crippen LogP contribution in [0.2, 0.25) is 0 Å². The maximum Gasteiger partial charge on any atom is 0.344 e. The topological polar surface area (TPSA) is 125 Å². The van der Waals surface area contributed by atoms with E-state index in [1.165, 1.54) is 25.3 Å². The van der Waals surface area contributed by atoms with Crippen LogP contribution < -0.4 is 9.47 Å². The molecule has 1 saturated heterocycles. The van der Waals surface area contributed by atoms with Crippen LogP contribution >= 0.6 is 34.4 Å². The third kappa shape index (κ3) is 6.05. The molecule has 2 aromatic carbocycles. The zero-order valence-electron chi connectivity index (χ0n) is 18.1. The number of nitro benzene ring substituents is 1. The first-order chi connectivity index (χ1) is 16.2. The molecule has 1 fully saturated rings. The highest BCUT2D eigenvalue weighted by atomic mass is 127. The van der Waals surface area contributed by atoms with Gasteiger partial charge in [0.15, 0.2) is 18.1 Å². The lowest BCUT2D eigenvalue weighted by Crippen LogP contribution is -2.27. The lowest BCUT2D eigenvalue weighted by atomic mass is 10.1. The molecule has 0 bridgehead atoms. The van der Waals surface area contributed by atoms with Gasteiger partial charge < -0.3 is 14.2 Å².